The van der Waals surface area contributed by atoms with E-state index in [1.807, 2.05) is 12.1 Å². The maximum atomic E-state index is 4.39. The molecule has 6 nitrogen and oxygen atoms in total. The van der Waals surface area contributed by atoms with Gasteiger partial charge in [-0.2, -0.15) is 0 Å². The van der Waals surface area contributed by atoms with Crippen LogP contribution in [0.25, 0.3) is 5.65 Å². The summed E-state index contributed by atoms with van der Waals surface area (Å²) in [5.74, 6) is 1.63. The Morgan fingerprint density at radius 2 is 2.16 bits per heavy atom. The molecule has 1 aliphatic carbocycles. The summed E-state index contributed by atoms with van der Waals surface area (Å²) < 4.78 is 1.47. The van der Waals surface area contributed by atoms with Crippen LogP contribution in [0.3, 0.4) is 0 Å². The van der Waals surface area contributed by atoms with E-state index in [1.54, 1.807) is 0 Å². The summed E-state index contributed by atoms with van der Waals surface area (Å²) >= 11 is 0. The number of aromatic nitrogens is 5. The third-order valence-electron chi connectivity index (χ3n) is 4.06. The molecule has 0 aromatic carbocycles. The van der Waals surface area contributed by atoms with E-state index >= 15 is 0 Å². The van der Waals surface area contributed by atoms with E-state index in [4.69, 9.17) is 0 Å². The van der Waals surface area contributed by atoms with Gasteiger partial charge in [0.05, 0.1) is 0 Å². The van der Waals surface area contributed by atoms with Crippen LogP contribution in [0, 0.1) is 5.92 Å². The number of tetrazole rings is 1. The van der Waals surface area contributed by atoms with E-state index in [-0.39, 0.29) is 0 Å². The Hall–Kier alpha value is -1.72. The third kappa shape index (κ3) is 2.67. The lowest BCUT2D eigenvalue weighted by Gasteiger charge is -2.30. The average molecular weight is 260 g/mol. The first-order valence-corrected chi connectivity index (χ1v) is 7.19. The van der Waals surface area contributed by atoms with Crippen molar-refractivity contribution in [3.05, 3.63) is 12.1 Å². The fourth-order valence-corrected chi connectivity index (χ4v) is 3.01. The zero-order valence-electron chi connectivity index (χ0n) is 11.3. The summed E-state index contributed by atoms with van der Waals surface area (Å²) in [7, 11) is 0. The Morgan fingerprint density at radius 3 is 2.95 bits per heavy atom. The highest BCUT2D eigenvalue weighted by Crippen LogP contribution is 2.29. The normalized spacial score (nSPS) is 18.6. The quantitative estimate of drug-likeness (QED) is 0.913. The first-order valence-electron chi connectivity index (χ1n) is 7.19. The Kier molecular flexibility index (Phi) is 3.57. The molecule has 1 fully saturated rings. The molecular weight excluding hydrogens is 240 g/mol. The summed E-state index contributed by atoms with van der Waals surface area (Å²) in [5, 5.41) is 19.2. The molecule has 1 unspecified atom stereocenters. The molecule has 3 rings (SSSR count). The highest BCUT2D eigenvalue weighted by atomic mass is 15.6. The number of fused-ring (bicyclic) bond motifs is 1. The minimum Gasteiger partial charge on any atom is -0.366 e. The maximum Gasteiger partial charge on any atom is 0.200 e. The molecule has 2 aromatic rings. The molecule has 1 saturated carbocycles. The molecule has 1 aliphatic rings. The van der Waals surface area contributed by atoms with Crippen LogP contribution in [0.15, 0.2) is 12.1 Å². The molecular formula is C13H20N6. The molecule has 0 saturated heterocycles. The molecule has 0 aliphatic heterocycles. The van der Waals surface area contributed by atoms with Crippen molar-refractivity contribution in [3.63, 3.8) is 0 Å². The van der Waals surface area contributed by atoms with Crippen molar-refractivity contribution in [3.8, 4) is 0 Å². The van der Waals surface area contributed by atoms with Crippen LogP contribution < -0.4 is 5.32 Å². The lowest BCUT2D eigenvalue weighted by molar-refractivity contribution is 0.312. The van der Waals surface area contributed by atoms with E-state index in [0.717, 1.165) is 18.2 Å². The standard InChI is InChI=1S/C13H20N6/c1-2-11(10-6-4-3-5-7-10)14-12-8-9-13-15-17-18-19(13)16-12/h8-11H,2-7H2,1H3,(H,14,16). The van der Waals surface area contributed by atoms with Crippen LogP contribution in [0.4, 0.5) is 5.82 Å². The van der Waals surface area contributed by atoms with Crippen LogP contribution in [-0.2, 0) is 0 Å². The van der Waals surface area contributed by atoms with Crippen molar-refractivity contribution in [2.75, 3.05) is 5.32 Å². The molecule has 0 bridgehead atoms. The van der Waals surface area contributed by atoms with Gasteiger partial charge in [-0.25, -0.2) is 0 Å². The topological polar surface area (TPSA) is 68.0 Å². The molecule has 6 heteroatoms. The zero-order valence-corrected chi connectivity index (χ0v) is 11.3. The molecule has 0 radical (unpaired) electrons. The molecule has 2 heterocycles. The van der Waals surface area contributed by atoms with Gasteiger partial charge in [-0.05, 0) is 47.7 Å². The van der Waals surface area contributed by atoms with E-state index in [1.165, 1.54) is 36.7 Å². The van der Waals surface area contributed by atoms with Crippen molar-refractivity contribution in [2.45, 2.75) is 51.5 Å². The Bertz CT molecular complexity index is 531. The summed E-state index contributed by atoms with van der Waals surface area (Å²) in [5.41, 5.74) is 0.677. The van der Waals surface area contributed by atoms with Gasteiger partial charge < -0.3 is 5.32 Å². The molecule has 0 spiro atoms. The van der Waals surface area contributed by atoms with Gasteiger partial charge in [0, 0.05) is 6.04 Å². The monoisotopic (exact) mass is 260 g/mol. The van der Waals surface area contributed by atoms with E-state index in [9.17, 15) is 0 Å². The second-order valence-corrected chi connectivity index (χ2v) is 5.30. The second kappa shape index (κ2) is 5.50. The predicted molar refractivity (Wildman–Crippen MR) is 72.9 cm³/mol. The van der Waals surface area contributed by atoms with Gasteiger partial charge in [0.1, 0.15) is 5.82 Å². The summed E-state index contributed by atoms with van der Waals surface area (Å²) in [6, 6.07) is 4.35. The summed E-state index contributed by atoms with van der Waals surface area (Å²) in [6.07, 6.45) is 7.91. The fraction of sp³-hybridized carbons (Fsp3) is 0.692. The van der Waals surface area contributed by atoms with Crippen LogP contribution in [-0.4, -0.2) is 31.3 Å². The van der Waals surface area contributed by atoms with Crippen LogP contribution in [0.5, 0.6) is 0 Å². The van der Waals surface area contributed by atoms with Crippen molar-refractivity contribution in [1.82, 2.24) is 25.3 Å². The van der Waals surface area contributed by atoms with Gasteiger partial charge in [-0.3, -0.25) is 0 Å². The smallest absolute Gasteiger partial charge is 0.200 e. The van der Waals surface area contributed by atoms with Crippen LogP contribution in [0.2, 0.25) is 0 Å². The van der Waals surface area contributed by atoms with Crippen molar-refractivity contribution in [2.24, 2.45) is 5.92 Å². The Morgan fingerprint density at radius 1 is 1.32 bits per heavy atom. The van der Waals surface area contributed by atoms with Gasteiger partial charge in [0.2, 0.25) is 0 Å². The average Bonchev–Trinajstić information content (AvgIpc) is 2.93. The van der Waals surface area contributed by atoms with Crippen molar-refractivity contribution in [1.29, 1.82) is 0 Å². The number of hydrogen-bond donors (Lipinski definition) is 1. The molecule has 102 valence electrons. The highest BCUT2D eigenvalue weighted by molar-refractivity contribution is 5.42. The fourth-order valence-electron chi connectivity index (χ4n) is 3.01. The van der Waals surface area contributed by atoms with Gasteiger partial charge in [0.15, 0.2) is 5.65 Å². The van der Waals surface area contributed by atoms with E-state index < -0.39 is 0 Å². The Labute approximate surface area is 112 Å². The first kappa shape index (κ1) is 12.3. The highest BCUT2D eigenvalue weighted by Gasteiger charge is 2.22. The van der Waals surface area contributed by atoms with Crippen molar-refractivity contribution < 1.29 is 0 Å². The van der Waals surface area contributed by atoms with Crippen LogP contribution in [0.1, 0.15) is 45.4 Å². The number of rotatable bonds is 4. The SMILES string of the molecule is CCC(Nc1ccc2nnnn2n1)C1CCCCC1. The lowest BCUT2D eigenvalue weighted by Crippen LogP contribution is -2.30. The molecule has 19 heavy (non-hydrogen) atoms. The number of hydrogen-bond acceptors (Lipinski definition) is 5. The number of nitrogens with zero attached hydrogens (tertiary/aromatic N) is 5. The number of anilines is 1. The van der Waals surface area contributed by atoms with Crippen LogP contribution >= 0.6 is 0 Å². The summed E-state index contributed by atoms with van der Waals surface area (Å²) in [6.45, 7) is 2.24. The minimum absolute atomic E-state index is 0.502. The predicted octanol–water partition coefficient (Wildman–Crippen LogP) is 2.29. The van der Waals surface area contributed by atoms with Gasteiger partial charge in [0.25, 0.3) is 0 Å². The van der Waals surface area contributed by atoms with Gasteiger partial charge in [-0.1, -0.05) is 26.2 Å². The van der Waals surface area contributed by atoms with E-state index in [0.29, 0.717) is 11.7 Å². The third-order valence-corrected chi connectivity index (χ3v) is 4.06. The van der Waals surface area contributed by atoms with Gasteiger partial charge >= 0.3 is 0 Å². The van der Waals surface area contributed by atoms with Crippen molar-refractivity contribution >= 4 is 11.5 Å². The van der Waals surface area contributed by atoms with E-state index in [2.05, 4.69) is 32.9 Å². The minimum atomic E-state index is 0.502. The second-order valence-electron chi connectivity index (χ2n) is 5.30. The lowest BCUT2D eigenvalue weighted by atomic mass is 9.83. The largest absolute Gasteiger partial charge is 0.366 e. The summed E-state index contributed by atoms with van der Waals surface area (Å²) in [4.78, 5) is 0. The van der Waals surface area contributed by atoms with Gasteiger partial charge in [-0.15, -0.1) is 14.8 Å². The molecule has 0 amide bonds. The maximum absolute atomic E-state index is 4.39. The zero-order chi connectivity index (χ0) is 13.1. The molecule has 1 N–H and O–H groups in total. The Balaban J connectivity index is 1.73. The first-order chi connectivity index (χ1) is 9.36. The molecule has 2 aromatic heterocycles. The molecule has 1 atom stereocenters. The number of nitrogens with one attached hydrogen (secondary N) is 1.